The van der Waals surface area contributed by atoms with Gasteiger partial charge in [-0.3, -0.25) is 9.59 Å². The molecule has 0 aromatic heterocycles. The van der Waals surface area contributed by atoms with Gasteiger partial charge in [-0.15, -0.1) is 0 Å². The molecule has 2 bridgehead atoms. The van der Waals surface area contributed by atoms with Gasteiger partial charge < -0.3 is 14.1 Å². The van der Waals surface area contributed by atoms with Gasteiger partial charge in [0.05, 0.1) is 24.3 Å². The quantitative estimate of drug-likeness (QED) is 0.261. The topological polar surface area (TPSA) is 55.8 Å². The van der Waals surface area contributed by atoms with E-state index in [4.69, 9.17) is 9.16 Å². The van der Waals surface area contributed by atoms with Crippen molar-refractivity contribution in [3.8, 4) is 0 Å². The first kappa shape index (κ1) is 28.2. The number of fused-ring (bicyclic) bond motifs is 2. The molecule has 7 heteroatoms. The van der Waals surface area contributed by atoms with Gasteiger partial charge in [-0.25, -0.2) is 4.39 Å². The van der Waals surface area contributed by atoms with E-state index in [0.29, 0.717) is 37.1 Å². The molecule has 40 heavy (non-hydrogen) atoms. The third-order valence-electron chi connectivity index (χ3n) is 8.34. The number of hydrogen-bond acceptors (Lipinski definition) is 4. The number of hydrogen-bond donors (Lipinski definition) is 0. The maximum absolute atomic E-state index is 15.3. The number of aryl methyl sites for hydroxylation is 1. The molecule has 0 N–H and O–H groups in total. The summed E-state index contributed by atoms with van der Waals surface area (Å²) in [5.74, 6) is -1.12. The molecule has 1 aliphatic heterocycles. The molecule has 1 saturated heterocycles. The van der Waals surface area contributed by atoms with Crippen LogP contribution in [-0.4, -0.2) is 38.9 Å². The molecule has 5 rings (SSSR count). The molecule has 1 saturated carbocycles. The molecule has 2 aliphatic rings. The third-order valence-corrected chi connectivity index (χ3v) is 13.4. The minimum absolute atomic E-state index is 0.0719. The van der Waals surface area contributed by atoms with Crippen LogP contribution in [0.2, 0.25) is 5.04 Å². The Morgan fingerprint density at radius 1 is 0.975 bits per heavy atom. The van der Waals surface area contributed by atoms with Gasteiger partial charge in [0.25, 0.3) is 8.32 Å². The molecule has 2 fully saturated rings. The summed E-state index contributed by atoms with van der Waals surface area (Å²) in [7, 11) is -2.81. The van der Waals surface area contributed by atoms with Crippen molar-refractivity contribution in [2.75, 3.05) is 11.5 Å². The van der Waals surface area contributed by atoms with Crippen LogP contribution in [0.25, 0.3) is 0 Å². The number of amides is 1. The normalized spacial score (nSPS) is 20.7. The zero-order valence-electron chi connectivity index (χ0n) is 23.7. The number of rotatable bonds is 9. The molecule has 3 atom stereocenters. The van der Waals surface area contributed by atoms with E-state index in [9.17, 15) is 9.59 Å². The fourth-order valence-corrected chi connectivity index (χ4v) is 11.3. The Morgan fingerprint density at radius 3 is 2.12 bits per heavy atom. The summed E-state index contributed by atoms with van der Waals surface area (Å²) in [6, 6.07) is 25.7. The Labute approximate surface area is 237 Å². The molecule has 0 spiro atoms. The highest BCUT2D eigenvalue weighted by Gasteiger charge is 2.58. The van der Waals surface area contributed by atoms with Gasteiger partial charge in [0, 0.05) is 12.5 Å². The Balaban J connectivity index is 1.40. The van der Waals surface area contributed by atoms with Gasteiger partial charge in [0.2, 0.25) is 5.91 Å². The average Bonchev–Trinajstić information content (AvgIpc) is 3.49. The molecule has 3 aromatic carbocycles. The van der Waals surface area contributed by atoms with Gasteiger partial charge in [-0.05, 0) is 59.3 Å². The van der Waals surface area contributed by atoms with Crippen molar-refractivity contribution in [3.05, 3.63) is 90.2 Å². The summed E-state index contributed by atoms with van der Waals surface area (Å²) in [6.45, 7) is 8.79. The fraction of sp³-hybridized carbons (Fsp3) is 0.394. The number of carbonyl (C=O) groups is 2. The van der Waals surface area contributed by atoms with E-state index in [1.54, 1.807) is 24.0 Å². The number of halogens is 1. The molecule has 0 unspecified atom stereocenters. The number of carbonyl (C=O) groups excluding carboxylic acids is 2. The summed E-state index contributed by atoms with van der Waals surface area (Å²) < 4.78 is 27.6. The molecule has 210 valence electrons. The van der Waals surface area contributed by atoms with Gasteiger partial charge in [0.15, 0.2) is 0 Å². The maximum Gasteiger partial charge on any atom is 0.306 e. The molecular formula is C33H38FNO4Si. The van der Waals surface area contributed by atoms with Crippen LogP contribution in [0.4, 0.5) is 10.1 Å². The molecule has 1 heterocycles. The predicted molar refractivity (Wildman–Crippen MR) is 158 cm³/mol. The standard InChI is InChI=1S/C33H38FNO4Si/c1-5-38-31(36)19-17-23-16-18-29(28(34)20-23)35-24-21-27(32(35)37)30(22-24)39-40(33(2,3)4,25-12-8-6-9-13-25)26-14-10-7-11-15-26/h6-16,18,20,24,27,30H,5,17,19,21-22H2,1-4H3/t24-,27+,30+/m0/s1. The van der Waals surface area contributed by atoms with Crippen molar-refractivity contribution in [1.29, 1.82) is 0 Å². The van der Waals surface area contributed by atoms with Crippen molar-refractivity contribution in [2.45, 2.75) is 70.6 Å². The van der Waals surface area contributed by atoms with Crippen LogP contribution in [0.3, 0.4) is 0 Å². The zero-order valence-corrected chi connectivity index (χ0v) is 24.7. The molecular weight excluding hydrogens is 521 g/mol. The SMILES string of the molecule is CCOC(=O)CCc1ccc(N2C(=O)[C@@H]3C[C@H]2C[C@H]3O[Si](c2ccccc2)(c2ccccc2)C(C)(C)C)c(F)c1. The van der Waals surface area contributed by atoms with Crippen molar-refractivity contribution < 1.29 is 23.1 Å². The summed E-state index contributed by atoms with van der Waals surface area (Å²) in [5.41, 5.74) is 1.01. The van der Waals surface area contributed by atoms with Gasteiger partial charge in [0.1, 0.15) is 5.82 Å². The Bertz CT molecular complexity index is 1320. The highest BCUT2D eigenvalue weighted by molar-refractivity contribution is 6.99. The zero-order chi connectivity index (χ0) is 28.5. The second-order valence-corrected chi connectivity index (χ2v) is 16.1. The van der Waals surface area contributed by atoms with E-state index in [-0.39, 0.29) is 41.4 Å². The van der Waals surface area contributed by atoms with Crippen molar-refractivity contribution in [1.82, 2.24) is 0 Å². The number of benzene rings is 3. The Kier molecular flexibility index (Phi) is 7.98. The molecule has 3 aromatic rings. The third kappa shape index (κ3) is 5.13. The van der Waals surface area contributed by atoms with E-state index in [2.05, 4.69) is 69.3 Å². The minimum atomic E-state index is -2.81. The highest BCUT2D eigenvalue weighted by Crippen LogP contribution is 2.47. The fourth-order valence-electron chi connectivity index (χ4n) is 6.55. The Hall–Kier alpha value is -3.29. The van der Waals surface area contributed by atoms with Crippen LogP contribution in [0.15, 0.2) is 78.9 Å². The molecule has 1 amide bonds. The largest absolute Gasteiger partial charge is 0.466 e. The number of ether oxygens (including phenoxy) is 1. The van der Waals surface area contributed by atoms with Crippen molar-refractivity contribution >= 4 is 36.3 Å². The number of anilines is 1. The van der Waals surface area contributed by atoms with E-state index in [0.717, 1.165) is 0 Å². The smallest absolute Gasteiger partial charge is 0.306 e. The summed E-state index contributed by atoms with van der Waals surface area (Å²) in [6.07, 6.45) is 1.69. The van der Waals surface area contributed by atoms with Crippen LogP contribution < -0.4 is 15.3 Å². The summed E-state index contributed by atoms with van der Waals surface area (Å²) in [5, 5.41) is 2.18. The lowest BCUT2D eigenvalue weighted by molar-refractivity contribution is -0.143. The van der Waals surface area contributed by atoms with Gasteiger partial charge in [-0.1, -0.05) is 87.5 Å². The average molecular weight is 560 g/mol. The molecule has 1 aliphatic carbocycles. The van der Waals surface area contributed by atoms with Gasteiger partial charge >= 0.3 is 5.97 Å². The lowest BCUT2D eigenvalue weighted by Crippen LogP contribution is -2.68. The number of piperidine rings is 1. The van der Waals surface area contributed by atoms with Gasteiger partial charge in [-0.2, -0.15) is 0 Å². The van der Waals surface area contributed by atoms with E-state index in [1.807, 2.05) is 12.1 Å². The highest BCUT2D eigenvalue weighted by atomic mass is 28.4. The molecule has 5 nitrogen and oxygen atoms in total. The van der Waals surface area contributed by atoms with Crippen molar-refractivity contribution in [2.24, 2.45) is 5.92 Å². The minimum Gasteiger partial charge on any atom is -0.466 e. The van der Waals surface area contributed by atoms with Crippen molar-refractivity contribution in [3.63, 3.8) is 0 Å². The van der Waals surface area contributed by atoms with E-state index in [1.165, 1.54) is 16.4 Å². The van der Waals surface area contributed by atoms with E-state index < -0.39 is 14.1 Å². The van der Waals surface area contributed by atoms with E-state index >= 15 is 4.39 Å². The monoisotopic (exact) mass is 559 g/mol. The second kappa shape index (κ2) is 11.3. The maximum atomic E-state index is 15.3. The first-order chi connectivity index (χ1) is 19.2. The molecule has 0 radical (unpaired) electrons. The van der Waals surface area contributed by atoms with Crippen LogP contribution >= 0.6 is 0 Å². The summed E-state index contributed by atoms with van der Waals surface area (Å²) >= 11 is 0. The first-order valence-corrected chi connectivity index (χ1v) is 16.1. The van der Waals surface area contributed by atoms with Crippen LogP contribution in [0, 0.1) is 11.7 Å². The predicted octanol–water partition coefficient (Wildman–Crippen LogP) is 5.39. The lowest BCUT2D eigenvalue weighted by Gasteiger charge is -2.46. The first-order valence-electron chi connectivity index (χ1n) is 14.2. The lowest BCUT2D eigenvalue weighted by atomic mass is 10.0. The number of esters is 1. The van der Waals surface area contributed by atoms with Crippen LogP contribution in [0.1, 0.15) is 52.5 Å². The number of nitrogens with zero attached hydrogens (tertiary/aromatic N) is 1. The second-order valence-electron chi connectivity index (χ2n) is 11.9. The summed E-state index contributed by atoms with van der Waals surface area (Å²) in [4.78, 5) is 27.1. The Morgan fingerprint density at radius 2 is 1.60 bits per heavy atom. The van der Waals surface area contributed by atoms with Crippen LogP contribution in [0.5, 0.6) is 0 Å². The van der Waals surface area contributed by atoms with Crippen LogP contribution in [-0.2, 0) is 25.2 Å².